The van der Waals surface area contributed by atoms with Crippen LogP contribution in [0.1, 0.15) is 40.7 Å². The average molecular weight is 433 g/mol. The molecule has 4 nitrogen and oxygen atoms in total. The van der Waals surface area contributed by atoms with Crippen molar-refractivity contribution in [3.63, 3.8) is 0 Å². The van der Waals surface area contributed by atoms with Crippen molar-refractivity contribution < 1.29 is 9.59 Å². The van der Waals surface area contributed by atoms with E-state index in [4.69, 9.17) is 0 Å². The van der Waals surface area contributed by atoms with Gasteiger partial charge >= 0.3 is 0 Å². The lowest BCUT2D eigenvalue weighted by Crippen LogP contribution is -2.48. The number of carbonyl (C=O) groups is 2. The van der Waals surface area contributed by atoms with E-state index in [-0.39, 0.29) is 17.9 Å². The zero-order valence-electron chi connectivity index (χ0n) is 18.1. The zero-order chi connectivity index (χ0) is 21.8. The number of rotatable bonds is 5. The van der Waals surface area contributed by atoms with E-state index in [0.717, 1.165) is 39.4 Å². The zero-order valence-corrected chi connectivity index (χ0v) is 18.9. The number of thiophene rings is 1. The van der Waals surface area contributed by atoms with Gasteiger partial charge in [-0.2, -0.15) is 0 Å². The van der Waals surface area contributed by atoms with Gasteiger partial charge in [0.15, 0.2) is 0 Å². The highest BCUT2D eigenvalue weighted by atomic mass is 32.1. The standard InChI is InChI=1S/C26H28N2O2S/c1-3-25(29)28(21-12-8-5-9-13-21)22-14-16-27(17-15-22)26(30)24-18-23(19(2)31-24)20-10-6-4-7-11-20/h4-13,18,22H,3,14-17H2,1-2H3. The number of benzene rings is 2. The van der Waals surface area contributed by atoms with Crippen molar-refractivity contribution in [1.82, 2.24) is 4.90 Å². The quantitative estimate of drug-likeness (QED) is 0.513. The second-order valence-corrected chi connectivity index (χ2v) is 9.18. The molecule has 1 aliphatic heterocycles. The van der Waals surface area contributed by atoms with E-state index in [0.29, 0.717) is 19.5 Å². The number of anilines is 1. The minimum absolute atomic E-state index is 0.0989. The molecule has 0 aliphatic carbocycles. The number of nitrogens with zero attached hydrogens (tertiary/aromatic N) is 2. The van der Waals surface area contributed by atoms with E-state index in [9.17, 15) is 9.59 Å². The Bertz CT molecular complexity index is 1040. The van der Waals surface area contributed by atoms with E-state index in [1.807, 2.05) is 71.3 Å². The van der Waals surface area contributed by atoms with Gasteiger partial charge in [-0.05, 0) is 49.1 Å². The van der Waals surface area contributed by atoms with Crippen LogP contribution in [0.5, 0.6) is 0 Å². The summed E-state index contributed by atoms with van der Waals surface area (Å²) in [6.07, 6.45) is 2.06. The molecule has 0 unspecified atom stereocenters. The molecule has 2 aromatic carbocycles. The Balaban J connectivity index is 1.46. The highest BCUT2D eigenvalue weighted by Gasteiger charge is 2.31. The maximum Gasteiger partial charge on any atom is 0.263 e. The smallest absolute Gasteiger partial charge is 0.263 e. The van der Waals surface area contributed by atoms with Crippen molar-refractivity contribution in [3.8, 4) is 11.1 Å². The Hall–Kier alpha value is -2.92. The minimum Gasteiger partial charge on any atom is -0.338 e. The first-order chi connectivity index (χ1) is 15.1. The molecule has 1 aliphatic rings. The van der Waals surface area contributed by atoms with Crippen molar-refractivity contribution in [1.29, 1.82) is 0 Å². The van der Waals surface area contributed by atoms with Gasteiger partial charge < -0.3 is 9.80 Å². The summed E-state index contributed by atoms with van der Waals surface area (Å²) in [5, 5.41) is 0. The summed E-state index contributed by atoms with van der Waals surface area (Å²) in [6.45, 7) is 5.31. The van der Waals surface area contributed by atoms with Crippen molar-refractivity contribution in [2.45, 2.75) is 39.2 Å². The SMILES string of the molecule is CCC(=O)N(c1ccccc1)C1CCN(C(=O)c2cc(-c3ccccc3)c(C)s2)CC1. The molecule has 1 saturated heterocycles. The predicted octanol–water partition coefficient (Wildman–Crippen LogP) is 5.77. The van der Waals surface area contributed by atoms with Crippen LogP contribution in [-0.4, -0.2) is 35.8 Å². The Morgan fingerprint density at radius 1 is 1.00 bits per heavy atom. The molecule has 1 fully saturated rings. The van der Waals surface area contributed by atoms with E-state index in [1.54, 1.807) is 11.3 Å². The molecule has 2 heterocycles. The van der Waals surface area contributed by atoms with Crippen molar-refractivity contribution in [2.24, 2.45) is 0 Å². The topological polar surface area (TPSA) is 40.6 Å². The molecular weight excluding hydrogens is 404 g/mol. The number of hydrogen-bond donors (Lipinski definition) is 0. The lowest BCUT2D eigenvalue weighted by atomic mass is 10.0. The molecule has 160 valence electrons. The van der Waals surface area contributed by atoms with Crippen LogP contribution in [0.2, 0.25) is 0 Å². The Morgan fingerprint density at radius 3 is 2.23 bits per heavy atom. The minimum atomic E-state index is 0.0989. The van der Waals surface area contributed by atoms with Crippen LogP contribution in [0.25, 0.3) is 11.1 Å². The summed E-state index contributed by atoms with van der Waals surface area (Å²) in [5.41, 5.74) is 3.22. The molecule has 3 aromatic rings. The van der Waals surface area contributed by atoms with Crippen molar-refractivity contribution in [3.05, 3.63) is 76.5 Å². The third kappa shape index (κ3) is 4.57. The number of piperidine rings is 1. The average Bonchev–Trinajstić information content (AvgIpc) is 3.22. The van der Waals surface area contributed by atoms with Gasteiger partial charge in [0.25, 0.3) is 5.91 Å². The van der Waals surface area contributed by atoms with Gasteiger partial charge in [0, 0.05) is 36.1 Å². The van der Waals surface area contributed by atoms with E-state index in [2.05, 4.69) is 19.1 Å². The Labute approximate surface area is 188 Å². The molecule has 0 atom stereocenters. The predicted molar refractivity (Wildman–Crippen MR) is 128 cm³/mol. The normalized spacial score (nSPS) is 14.5. The molecule has 0 saturated carbocycles. The number of carbonyl (C=O) groups excluding carboxylic acids is 2. The summed E-state index contributed by atoms with van der Waals surface area (Å²) in [6, 6.07) is 22.2. The van der Waals surface area contributed by atoms with E-state index < -0.39 is 0 Å². The summed E-state index contributed by atoms with van der Waals surface area (Å²) in [7, 11) is 0. The highest BCUT2D eigenvalue weighted by Crippen LogP contribution is 2.32. The van der Waals surface area contributed by atoms with Crippen LogP contribution in [0, 0.1) is 6.92 Å². The first-order valence-electron chi connectivity index (χ1n) is 10.9. The molecule has 5 heteroatoms. The maximum absolute atomic E-state index is 13.2. The van der Waals surface area contributed by atoms with Gasteiger partial charge in [-0.25, -0.2) is 0 Å². The van der Waals surface area contributed by atoms with Crippen LogP contribution in [0.3, 0.4) is 0 Å². The lowest BCUT2D eigenvalue weighted by molar-refractivity contribution is -0.119. The van der Waals surface area contributed by atoms with Crippen molar-refractivity contribution in [2.75, 3.05) is 18.0 Å². The summed E-state index contributed by atoms with van der Waals surface area (Å²) >= 11 is 1.57. The van der Waals surface area contributed by atoms with Gasteiger partial charge in [0.2, 0.25) is 5.91 Å². The fraction of sp³-hybridized carbons (Fsp3) is 0.308. The number of amides is 2. The molecule has 1 aromatic heterocycles. The molecular formula is C26H28N2O2S. The van der Waals surface area contributed by atoms with Gasteiger partial charge in [-0.1, -0.05) is 55.5 Å². The second kappa shape index (κ2) is 9.48. The third-order valence-electron chi connectivity index (χ3n) is 5.94. The number of para-hydroxylation sites is 1. The van der Waals surface area contributed by atoms with Crippen LogP contribution in [-0.2, 0) is 4.79 Å². The Morgan fingerprint density at radius 2 is 1.61 bits per heavy atom. The highest BCUT2D eigenvalue weighted by molar-refractivity contribution is 7.14. The van der Waals surface area contributed by atoms with Crippen molar-refractivity contribution >= 4 is 28.8 Å². The molecule has 0 N–H and O–H groups in total. The number of hydrogen-bond acceptors (Lipinski definition) is 3. The molecule has 0 spiro atoms. The van der Waals surface area contributed by atoms with Crippen LogP contribution in [0.15, 0.2) is 66.7 Å². The second-order valence-electron chi connectivity index (χ2n) is 7.92. The lowest BCUT2D eigenvalue weighted by Gasteiger charge is -2.38. The van der Waals surface area contributed by atoms with Crippen LogP contribution >= 0.6 is 11.3 Å². The maximum atomic E-state index is 13.2. The first kappa shape index (κ1) is 21.3. The largest absolute Gasteiger partial charge is 0.338 e. The fourth-order valence-corrected chi connectivity index (χ4v) is 5.30. The summed E-state index contributed by atoms with van der Waals surface area (Å²) < 4.78 is 0. The summed E-state index contributed by atoms with van der Waals surface area (Å²) in [5.74, 6) is 0.235. The van der Waals surface area contributed by atoms with Gasteiger partial charge in [0.05, 0.1) is 4.88 Å². The van der Waals surface area contributed by atoms with Gasteiger partial charge in [-0.3, -0.25) is 9.59 Å². The van der Waals surface area contributed by atoms with E-state index in [1.165, 1.54) is 0 Å². The molecule has 4 rings (SSSR count). The number of aryl methyl sites for hydroxylation is 1. The first-order valence-corrected chi connectivity index (χ1v) is 11.7. The van der Waals surface area contributed by atoms with E-state index >= 15 is 0 Å². The van der Waals surface area contributed by atoms with Gasteiger partial charge in [-0.15, -0.1) is 11.3 Å². The molecule has 0 bridgehead atoms. The third-order valence-corrected chi connectivity index (χ3v) is 6.97. The number of likely N-dealkylation sites (tertiary alicyclic amines) is 1. The summed E-state index contributed by atoms with van der Waals surface area (Å²) in [4.78, 5) is 31.7. The monoisotopic (exact) mass is 432 g/mol. The molecule has 2 amide bonds. The van der Waals surface area contributed by atoms with Crippen LogP contribution < -0.4 is 4.90 Å². The van der Waals surface area contributed by atoms with Gasteiger partial charge in [0.1, 0.15) is 0 Å². The Kier molecular flexibility index (Phi) is 6.52. The van der Waals surface area contributed by atoms with Crippen LogP contribution in [0.4, 0.5) is 5.69 Å². The molecule has 31 heavy (non-hydrogen) atoms. The fourth-order valence-electron chi connectivity index (χ4n) is 4.29. The molecule has 0 radical (unpaired) electrons.